The van der Waals surface area contributed by atoms with Crippen LogP contribution < -0.4 is 0 Å². The first-order valence-corrected chi connectivity index (χ1v) is 10.1. The molecule has 0 radical (unpaired) electrons. The van der Waals surface area contributed by atoms with Gasteiger partial charge in [0.15, 0.2) is 0 Å². The van der Waals surface area contributed by atoms with Crippen molar-refractivity contribution >= 4 is 16.7 Å². The SMILES string of the molecule is Cc1ccc(-c2ccc(Cc3ncccc3C(=O)n3ccnc3)cc2)c2ccncc12. The quantitative estimate of drug-likeness (QED) is 0.419. The molecule has 5 nitrogen and oxygen atoms in total. The van der Waals surface area contributed by atoms with Crippen LogP contribution in [0, 0.1) is 6.92 Å². The molecule has 5 aromatic rings. The molecule has 0 N–H and O–H groups in total. The lowest BCUT2D eigenvalue weighted by Gasteiger charge is -2.11. The van der Waals surface area contributed by atoms with E-state index in [1.807, 2.05) is 18.5 Å². The van der Waals surface area contributed by atoms with Gasteiger partial charge in [-0.1, -0.05) is 36.4 Å². The molecule has 0 fully saturated rings. The lowest BCUT2D eigenvalue weighted by atomic mass is 9.95. The summed E-state index contributed by atoms with van der Waals surface area (Å²) in [6, 6.07) is 18.4. The molecule has 0 saturated carbocycles. The standard InChI is InChI=1S/C26H20N4O/c1-18-4-9-21(22-10-12-27-16-24(18)22)20-7-5-19(6-8-20)15-25-23(3-2-11-29-25)26(31)30-14-13-28-17-30/h2-14,16-17H,15H2,1H3. The van der Waals surface area contributed by atoms with Crippen molar-refractivity contribution in [2.45, 2.75) is 13.3 Å². The van der Waals surface area contributed by atoms with Crippen molar-refractivity contribution in [1.29, 1.82) is 0 Å². The number of imidazole rings is 1. The highest BCUT2D eigenvalue weighted by atomic mass is 16.2. The smallest absolute Gasteiger partial charge is 0.264 e. The van der Waals surface area contributed by atoms with Gasteiger partial charge >= 0.3 is 0 Å². The number of rotatable bonds is 4. The molecule has 5 heteroatoms. The molecule has 0 aliphatic carbocycles. The molecule has 0 bridgehead atoms. The van der Waals surface area contributed by atoms with Crippen LogP contribution in [0.2, 0.25) is 0 Å². The summed E-state index contributed by atoms with van der Waals surface area (Å²) in [5.74, 6) is -0.128. The number of benzene rings is 2. The Hall–Kier alpha value is -4.12. The van der Waals surface area contributed by atoms with Gasteiger partial charge in [0, 0.05) is 42.8 Å². The minimum atomic E-state index is -0.128. The summed E-state index contributed by atoms with van der Waals surface area (Å²) in [5.41, 5.74) is 5.98. The number of hydrogen-bond acceptors (Lipinski definition) is 4. The first-order chi connectivity index (χ1) is 15.2. The van der Waals surface area contributed by atoms with Crippen LogP contribution in [0.3, 0.4) is 0 Å². The van der Waals surface area contributed by atoms with E-state index in [1.165, 1.54) is 32.8 Å². The van der Waals surface area contributed by atoms with Crippen LogP contribution in [0.15, 0.2) is 91.9 Å². The van der Waals surface area contributed by atoms with Gasteiger partial charge in [-0.05, 0) is 52.8 Å². The molecule has 2 aromatic carbocycles. The lowest BCUT2D eigenvalue weighted by Crippen LogP contribution is -2.13. The Morgan fingerprint density at radius 3 is 2.58 bits per heavy atom. The zero-order chi connectivity index (χ0) is 21.2. The highest BCUT2D eigenvalue weighted by molar-refractivity contribution is 5.98. The Bertz CT molecular complexity index is 1370. The number of fused-ring (bicyclic) bond motifs is 1. The second kappa shape index (κ2) is 7.95. The van der Waals surface area contributed by atoms with E-state index in [-0.39, 0.29) is 5.91 Å². The van der Waals surface area contributed by atoms with Crippen LogP contribution >= 0.6 is 0 Å². The summed E-state index contributed by atoms with van der Waals surface area (Å²) in [6.07, 6.45) is 10.8. The minimum Gasteiger partial charge on any atom is -0.272 e. The average Bonchev–Trinajstić information content (AvgIpc) is 3.35. The van der Waals surface area contributed by atoms with Crippen LogP contribution in [0.1, 0.15) is 27.2 Å². The Morgan fingerprint density at radius 2 is 1.77 bits per heavy atom. The molecule has 3 aromatic heterocycles. The fourth-order valence-corrected chi connectivity index (χ4v) is 3.87. The third kappa shape index (κ3) is 3.62. The van der Waals surface area contributed by atoms with E-state index in [0.29, 0.717) is 12.0 Å². The molecule has 0 spiro atoms. The number of aromatic nitrogens is 4. The minimum absolute atomic E-state index is 0.128. The van der Waals surface area contributed by atoms with Crippen LogP contribution in [0.25, 0.3) is 21.9 Å². The van der Waals surface area contributed by atoms with Crippen molar-refractivity contribution in [3.63, 3.8) is 0 Å². The third-order valence-corrected chi connectivity index (χ3v) is 5.53. The van der Waals surface area contributed by atoms with E-state index >= 15 is 0 Å². The summed E-state index contributed by atoms with van der Waals surface area (Å²) < 4.78 is 1.47. The maximum Gasteiger partial charge on any atom is 0.264 e. The third-order valence-electron chi connectivity index (χ3n) is 5.53. The fraction of sp³-hybridized carbons (Fsp3) is 0.0769. The largest absolute Gasteiger partial charge is 0.272 e. The van der Waals surface area contributed by atoms with E-state index in [9.17, 15) is 4.79 Å². The molecule has 0 unspecified atom stereocenters. The van der Waals surface area contributed by atoms with Crippen LogP contribution in [0.4, 0.5) is 0 Å². The molecule has 5 rings (SSSR count). The van der Waals surface area contributed by atoms with Gasteiger partial charge < -0.3 is 0 Å². The number of carbonyl (C=O) groups is 1. The normalized spacial score (nSPS) is 11.0. The van der Waals surface area contributed by atoms with Gasteiger partial charge in [-0.25, -0.2) is 4.98 Å². The molecule has 0 atom stereocenters. The number of hydrogen-bond donors (Lipinski definition) is 0. The fourth-order valence-electron chi connectivity index (χ4n) is 3.87. The summed E-state index contributed by atoms with van der Waals surface area (Å²) in [5, 5.41) is 2.36. The van der Waals surface area contributed by atoms with Crippen molar-refractivity contribution in [1.82, 2.24) is 19.5 Å². The van der Waals surface area contributed by atoms with Crippen molar-refractivity contribution in [2.24, 2.45) is 0 Å². The Balaban J connectivity index is 1.45. The van der Waals surface area contributed by atoms with Crippen molar-refractivity contribution in [3.8, 4) is 11.1 Å². The first kappa shape index (κ1) is 18.9. The number of nitrogens with zero attached hydrogens (tertiary/aromatic N) is 4. The molecule has 150 valence electrons. The Kier molecular flexibility index (Phi) is 4.84. The van der Waals surface area contributed by atoms with Crippen LogP contribution in [-0.2, 0) is 6.42 Å². The van der Waals surface area contributed by atoms with Gasteiger partial charge in [-0.3, -0.25) is 19.3 Å². The Labute approximate surface area is 180 Å². The second-order valence-corrected chi connectivity index (χ2v) is 7.50. The van der Waals surface area contributed by atoms with E-state index in [4.69, 9.17) is 0 Å². The summed E-state index contributed by atoms with van der Waals surface area (Å²) in [7, 11) is 0. The number of carbonyl (C=O) groups excluding carboxylic acids is 1. The van der Waals surface area contributed by atoms with Crippen molar-refractivity contribution < 1.29 is 4.79 Å². The monoisotopic (exact) mass is 404 g/mol. The van der Waals surface area contributed by atoms with E-state index < -0.39 is 0 Å². The lowest BCUT2D eigenvalue weighted by molar-refractivity contribution is 0.0958. The van der Waals surface area contributed by atoms with Gasteiger partial charge in [-0.2, -0.15) is 0 Å². The Morgan fingerprint density at radius 1 is 0.903 bits per heavy atom. The van der Waals surface area contributed by atoms with Gasteiger partial charge in [0.2, 0.25) is 0 Å². The predicted molar refractivity (Wildman–Crippen MR) is 121 cm³/mol. The van der Waals surface area contributed by atoms with Gasteiger partial charge in [0.25, 0.3) is 5.91 Å². The molecular weight excluding hydrogens is 384 g/mol. The summed E-state index contributed by atoms with van der Waals surface area (Å²) in [6.45, 7) is 2.10. The second-order valence-electron chi connectivity index (χ2n) is 7.50. The maximum atomic E-state index is 12.8. The van der Waals surface area contributed by atoms with Gasteiger partial charge in [0.1, 0.15) is 6.33 Å². The topological polar surface area (TPSA) is 60.7 Å². The molecule has 0 saturated heterocycles. The van der Waals surface area contributed by atoms with E-state index in [0.717, 1.165) is 16.8 Å². The van der Waals surface area contributed by atoms with Crippen LogP contribution in [-0.4, -0.2) is 25.4 Å². The highest BCUT2D eigenvalue weighted by Crippen LogP contribution is 2.30. The zero-order valence-electron chi connectivity index (χ0n) is 17.1. The maximum absolute atomic E-state index is 12.8. The van der Waals surface area contributed by atoms with Gasteiger partial charge in [0.05, 0.1) is 11.3 Å². The van der Waals surface area contributed by atoms with E-state index in [2.05, 4.69) is 64.3 Å². The molecule has 0 amide bonds. The number of aryl methyl sites for hydroxylation is 1. The highest BCUT2D eigenvalue weighted by Gasteiger charge is 2.14. The van der Waals surface area contributed by atoms with Gasteiger partial charge in [-0.15, -0.1) is 0 Å². The zero-order valence-corrected chi connectivity index (χ0v) is 17.1. The summed E-state index contributed by atoms with van der Waals surface area (Å²) >= 11 is 0. The molecule has 31 heavy (non-hydrogen) atoms. The van der Waals surface area contributed by atoms with Crippen molar-refractivity contribution in [2.75, 3.05) is 0 Å². The van der Waals surface area contributed by atoms with E-state index in [1.54, 1.807) is 24.7 Å². The molecule has 0 aliphatic rings. The number of pyridine rings is 2. The molecule has 0 aliphatic heterocycles. The summed E-state index contributed by atoms with van der Waals surface area (Å²) in [4.78, 5) is 25.5. The van der Waals surface area contributed by atoms with Crippen molar-refractivity contribution in [3.05, 3.63) is 114 Å². The average molecular weight is 404 g/mol. The predicted octanol–water partition coefficient (Wildman–Crippen LogP) is 5.08. The molecular formula is C26H20N4O. The first-order valence-electron chi connectivity index (χ1n) is 10.1. The van der Waals surface area contributed by atoms with Crippen LogP contribution in [0.5, 0.6) is 0 Å². The molecule has 3 heterocycles.